The van der Waals surface area contributed by atoms with Crippen LogP contribution in [0.1, 0.15) is 39.0 Å². The van der Waals surface area contributed by atoms with E-state index in [-0.39, 0.29) is 0 Å². The summed E-state index contributed by atoms with van der Waals surface area (Å²) < 4.78 is 5.30. The molecule has 0 aliphatic carbocycles. The van der Waals surface area contributed by atoms with Crippen LogP contribution in [0.15, 0.2) is 0 Å². The zero-order valence-electron chi connectivity index (χ0n) is 12.5. The molecule has 2 saturated heterocycles. The lowest BCUT2D eigenvalue weighted by Crippen LogP contribution is -2.55. The summed E-state index contributed by atoms with van der Waals surface area (Å²) in [4.78, 5) is 5.82. The maximum absolute atomic E-state index is 10.6. The number of hydrogen-bond acceptors (Lipinski definition) is 7. The Morgan fingerprint density at radius 1 is 1.24 bits per heavy atom. The van der Waals surface area contributed by atoms with Crippen molar-refractivity contribution in [2.24, 2.45) is 0 Å². The molecule has 0 amide bonds. The van der Waals surface area contributed by atoms with Crippen molar-refractivity contribution >= 4 is 0 Å². The Bertz CT molecular complexity index is 323. The third-order valence-corrected chi connectivity index (χ3v) is 4.32. The van der Waals surface area contributed by atoms with E-state index in [0.717, 1.165) is 38.8 Å². The topological polar surface area (TPSA) is 103 Å². The molecule has 0 aromatic heterocycles. The quantitative estimate of drug-likeness (QED) is 0.536. The Labute approximate surface area is 125 Å². The summed E-state index contributed by atoms with van der Waals surface area (Å²) in [5.41, 5.74) is 0. The summed E-state index contributed by atoms with van der Waals surface area (Å²) in [5, 5.41) is 41.4. The highest BCUT2D eigenvalue weighted by molar-refractivity contribution is 4.99. The molecule has 4 N–H and O–H groups in total. The molecule has 2 fully saturated rings. The standard InChI is InChI=1S/C14H27NO6/c1-2-11(21-15-7-5-3-4-6-8-15)14(19)13(18)12(17)10(9-16)20-14/h10-13,16-19H,2-9H2,1H3/t10-,11?,12+,13-,14+/m0/s1. The van der Waals surface area contributed by atoms with Crippen LogP contribution in [0.2, 0.25) is 0 Å². The van der Waals surface area contributed by atoms with Gasteiger partial charge in [-0.1, -0.05) is 19.8 Å². The van der Waals surface area contributed by atoms with E-state index in [9.17, 15) is 15.3 Å². The molecule has 0 aromatic rings. The van der Waals surface area contributed by atoms with Crippen molar-refractivity contribution in [3.8, 4) is 0 Å². The van der Waals surface area contributed by atoms with Gasteiger partial charge < -0.3 is 25.2 Å². The van der Waals surface area contributed by atoms with Gasteiger partial charge in [0.15, 0.2) is 0 Å². The van der Waals surface area contributed by atoms with E-state index >= 15 is 0 Å². The molecular weight excluding hydrogens is 278 g/mol. The number of ether oxygens (including phenoxy) is 1. The van der Waals surface area contributed by atoms with Crippen LogP contribution in [-0.2, 0) is 9.57 Å². The fraction of sp³-hybridized carbons (Fsp3) is 1.00. The zero-order chi connectivity index (χ0) is 15.5. The first-order valence-electron chi connectivity index (χ1n) is 7.81. The molecule has 1 unspecified atom stereocenters. The van der Waals surface area contributed by atoms with Gasteiger partial charge in [-0.2, -0.15) is 5.06 Å². The molecule has 21 heavy (non-hydrogen) atoms. The highest BCUT2D eigenvalue weighted by Gasteiger charge is 2.58. The van der Waals surface area contributed by atoms with Crippen LogP contribution in [0.3, 0.4) is 0 Å². The minimum absolute atomic E-state index is 0.412. The van der Waals surface area contributed by atoms with Crippen LogP contribution >= 0.6 is 0 Å². The number of hydroxylamine groups is 2. The second-order valence-corrected chi connectivity index (χ2v) is 5.87. The maximum Gasteiger partial charge on any atom is 0.224 e. The predicted octanol–water partition coefficient (Wildman–Crippen LogP) is -0.626. The Hall–Kier alpha value is -0.280. The number of aliphatic hydroxyl groups excluding tert-OH is 3. The largest absolute Gasteiger partial charge is 0.394 e. The van der Waals surface area contributed by atoms with E-state index in [0.29, 0.717) is 6.42 Å². The molecule has 7 heteroatoms. The number of hydrogen-bond donors (Lipinski definition) is 4. The van der Waals surface area contributed by atoms with E-state index in [4.69, 9.17) is 14.7 Å². The van der Waals surface area contributed by atoms with Gasteiger partial charge in [0.1, 0.15) is 24.4 Å². The summed E-state index contributed by atoms with van der Waals surface area (Å²) in [6, 6.07) is 0. The van der Waals surface area contributed by atoms with Gasteiger partial charge in [-0.15, -0.1) is 0 Å². The highest BCUT2D eigenvalue weighted by atomic mass is 16.7. The molecule has 5 atom stereocenters. The highest BCUT2D eigenvalue weighted by Crippen LogP contribution is 2.35. The van der Waals surface area contributed by atoms with Crippen LogP contribution in [0, 0.1) is 0 Å². The molecule has 2 heterocycles. The second-order valence-electron chi connectivity index (χ2n) is 5.87. The monoisotopic (exact) mass is 305 g/mol. The average molecular weight is 305 g/mol. The first-order valence-corrected chi connectivity index (χ1v) is 7.81. The second kappa shape index (κ2) is 7.32. The lowest BCUT2D eigenvalue weighted by atomic mass is 9.99. The first kappa shape index (κ1) is 17.1. The van der Waals surface area contributed by atoms with Gasteiger partial charge in [0.05, 0.1) is 6.61 Å². The van der Waals surface area contributed by atoms with E-state index in [1.54, 1.807) is 5.06 Å². The van der Waals surface area contributed by atoms with Gasteiger partial charge in [0.2, 0.25) is 5.79 Å². The number of nitrogens with zero attached hydrogens (tertiary/aromatic N) is 1. The summed E-state index contributed by atoms with van der Waals surface area (Å²) in [7, 11) is 0. The normalized spacial score (nSPS) is 40.1. The molecule has 2 aliphatic rings. The van der Waals surface area contributed by atoms with Crippen molar-refractivity contribution < 1.29 is 30.0 Å². The molecule has 0 radical (unpaired) electrons. The van der Waals surface area contributed by atoms with Crippen LogP contribution < -0.4 is 0 Å². The Kier molecular flexibility index (Phi) is 5.96. The van der Waals surface area contributed by atoms with Crippen molar-refractivity contribution in [3.05, 3.63) is 0 Å². The molecule has 0 saturated carbocycles. The predicted molar refractivity (Wildman–Crippen MR) is 74.1 cm³/mol. The van der Waals surface area contributed by atoms with Gasteiger partial charge >= 0.3 is 0 Å². The molecular formula is C14H27NO6. The molecule has 0 spiro atoms. The Morgan fingerprint density at radius 3 is 2.33 bits per heavy atom. The molecule has 0 aromatic carbocycles. The van der Waals surface area contributed by atoms with Crippen LogP contribution in [0.25, 0.3) is 0 Å². The third kappa shape index (κ3) is 3.56. The summed E-state index contributed by atoms with van der Waals surface area (Å²) in [6.07, 6.45) is 0.142. The van der Waals surface area contributed by atoms with Crippen molar-refractivity contribution in [2.75, 3.05) is 19.7 Å². The fourth-order valence-electron chi connectivity index (χ4n) is 3.01. The first-order chi connectivity index (χ1) is 10.0. The van der Waals surface area contributed by atoms with Crippen LogP contribution in [-0.4, -0.2) is 75.4 Å². The smallest absolute Gasteiger partial charge is 0.224 e. The van der Waals surface area contributed by atoms with Crippen molar-refractivity contribution in [1.29, 1.82) is 0 Å². The van der Waals surface area contributed by atoms with E-state index < -0.39 is 36.8 Å². The van der Waals surface area contributed by atoms with Crippen LogP contribution in [0.5, 0.6) is 0 Å². The zero-order valence-corrected chi connectivity index (χ0v) is 12.5. The fourth-order valence-corrected chi connectivity index (χ4v) is 3.01. The Morgan fingerprint density at radius 2 is 1.86 bits per heavy atom. The number of rotatable bonds is 5. The van der Waals surface area contributed by atoms with Gasteiger partial charge in [0, 0.05) is 13.1 Å². The lowest BCUT2D eigenvalue weighted by Gasteiger charge is -2.36. The van der Waals surface area contributed by atoms with Crippen molar-refractivity contribution in [2.45, 2.75) is 69.2 Å². The van der Waals surface area contributed by atoms with Gasteiger partial charge in [-0.25, -0.2) is 0 Å². The minimum atomic E-state index is -2.01. The van der Waals surface area contributed by atoms with Gasteiger partial charge in [0.25, 0.3) is 0 Å². The van der Waals surface area contributed by atoms with Gasteiger partial charge in [-0.3, -0.25) is 4.84 Å². The van der Waals surface area contributed by atoms with E-state index in [1.165, 1.54) is 0 Å². The maximum atomic E-state index is 10.6. The third-order valence-electron chi connectivity index (χ3n) is 4.32. The molecule has 2 rings (SSSR count). The summed E-state index contributed by atoms with van der Waals surface area (Å²) >= 11 is 0. The molecule has 0 bridgehead atoms. The molecule has 124 valence electrons. The summed E-state index contributed by atoms with van der Waals surface area (Å²) in [6.45, 7) is 2.89. The average Bonchev–Trinajstić information content (AvgIpc) is 2.70. The number of aliphatic hydroxyl groups is 4. The SMILES string of the molecule is CCC(ON1CCCCCC1)[C@@]1(O)O[C@@H](CO)[C@@H](O)[C@@H]1O. The van der Waals surface area contributed by atoms with Crippen molar-refractivity contribution in [1.82, 2.24) is 5.06 Å². The van der Waals surface area contributed by atoms with E-state index in [2.05, 4.69) is 0 Å². The Balaban J connectivity index is 2.05. The lowest BCUT2D eigenvalue weighted by molar-refractivity contribution is -0.334. The minimum Gasteiger partial charge on any atom is -0.394 e. The van der Waals surface area contributed by atoms with E-state index in [1.807, 2.05) is 6.92 Å². The van der Waals surface area contributed by atoms with Crippen LogP contribution in [0.4, 0.5) is 0 Å². The molecule has 7 nitrogen and oxygen atoms in total. The van der Waals surface area contributed by atoms with Crippen molar-refractivity contribution in [3.63, 3.8) is 0 Å². The van der Waals surface area contributed by atoms with Gasteiger partial charge in [-0.05, 0) is 19.3 Å². The molecule has 2 aliphatic heterocycles. The summed E-state index contributed by atoms with van der Waals surface area (Å²) in [5.74, 6) is -2.01.